The molecule has 0 amide bonds. The largest absolute Gasteiger partial charge is 0.444 e. The Morgan fingerprint density at radius 2 is 1.93 bits per heavy atom. The van der Waals surface area contributed by atoms with E-state index < -0.39 is 0 Å². The van der Waals surface area contributed by atoms with Crippen LogP contribution in [0.1, 0.15) is 17.0 Å². The molecule has 0 aliphatic carbocycles. The third-order valence-corrected chi connectivity index (χ3v) is 5.07. The van der Waals surface area contributed by atoms with Gasteiger partial charge in [0.25, 0.3) is 0 Å². The summed E-state index contributed by atoms with van der Waals surface area (Å²) in [6.07, 6.45) is 2.60. The molecule has 3 heterocycles. The van der Waals surface area contributed by atoms with Crippen LogP contribution in [0.25, 0.3) is 22.7 Å². The van der Waals surface area contributed by atoms with Crippen LogP contribution in [0.2, 0.25) is 0 Å². The number of halogens is 1. The molecule has 2 aromatic carbocycles. The van der Waals surface area contributed by atoms with Gasteiger partial charge in [-0.2, -0.15) is 5.10 Å². The van der Waals surface area contributed by atoms with E-state index in [2.05, 4.69) is 20.1 Å². The smallest absolute Gasteiger partial charge is 0.226 e. The van der Waals surface area contributed by atoms with Gasteiger partial charge in [-0.25, -0.2) is 9.37 Å². The van der Waals surface area contributed by atoms with Crippen molar-refractivity contribution in [3.63, 3.8) is 0 Å². The quantitative estimate of drug-likeness (QED) is 0.574. The van der Waals surface area contributed by atoms with Gasteiger partial charge in [-0.3, -0.25) is 10.00 Å². The fraction of sp³-hybridized carbons (Fsp3) is 0.182. The van der Waals surface area contributed by atoms with Gasteiger partial charge in [0, 0.05) is 48.4 Å². The fourth-order valence-corrected chi connectivity index (χ4v) is 3.68. The lowest BCUT2D eigenvalue weighted by Crippen LogP contribution is -2.30. The molecule has 0 atom stereocenters. The number of aromatic nitrogens is 3. The van der Waals surface area contributed by atoms with Gasteiger partial charge in [0.2, 0.25) is 5.89 Å². The van der Waals surface area contributed by atoms with Gasteiger partial charge in [0.15, 0.2) is 0 Å². The van der Waals surface area contributed by atoms with E-state index in [1.165, 1.54) is 12.1 Å². The average Bonchev–Trinajstić information content (AvgIpc) is 3.35. The molecule has 0 saturated carbocycles. The summed E-state index contributed by atoms with van der Waals surface area (Å²) in [5.74, 6) is 0.384. The highest BCUT2D eigenvalue weighted by Gasteiger charge is 2.23. The number of fused-ring (bicyclic) bond motifs is 1. The second-order valence-corrected chi connectivity index (χ2v) is 7.01. The topological polar surface area (TPSA) is 58.0 Å². The maximum atomic E-state index is 13.6. The van der Waals surface area contributed by atoms with Crippen molar-refractivity contribution in [1.82, 2.24) is 20.1 Å². The Labute approximate surface area is 161 Å². The Balaban J connectivity index is 1.35. The third-order valence-electron chi connectivity index (χ3n) is 5.07. The molecular formula is C22H19FN4O. The monoisotopic (exact) mass is 374 g/mol. The molecular weight excluding hydrogens is 355 g/mol. The van der Waals surface area contributed by atoms with E-state index in [0.717, 1.165) is 53.3 Å². The van der Waals surface area contributed by atoms with Crippen molar-refractivity contribution in [1.29, 1.82) is 0 Å². The molecule has 1 N–H and O–H groups in total. The van der Waals surface area contributed by atoms with Crippen LogP contribution in [0.5, 0.6) is 0 Å². The van der Waals surface area contributed by atoms with Crippen LogP contribution < -0.4 is 0 Å². The second kappa shape index (κ2) is 7.05. The summed E-state index contributed by atoms with van der Waals surface area (Å²) in [5, 5.41) is 7.56. The molecule has 1 aliphatic rings. The second-order valence-electron chi connectivity index (χ2n) is 7.01. The predicted octanol–water partition coefficient (Wildman–Crippen LogP) is 4.43. The summed E-state index contributed by atoms with van der Waals surface area (Å²) in [7, 11) is 0. The van der Waals surface area contributed by atoms with E-state index >= 15 is 0 Å². The Kier molecular flexibility index (Phi) is 4.25. The minimum atomic E-state index is -0.252. The first-order valence-electron chi connectivity index (χ1n) is 9.30. The van der Waals surface area contributed by atoms with Crippen molar-refractivity contribution >= 4 is 0 Å². The van der Waals surface area contributed by atoms with Gasteiger partial charge in [-0.1, -0.05) is 30.3 Å². The van der Waals surface area contributed by atoms with Crippen LogP contribution in [0.15, 0.2) is 65.3 Å². The fourth-order valence-electron chi connectivity index (χ4n) is 3.68. The lowest BCUT2D eigenvalue weighted by atomic mass is 10.0. The molecule has 2 aromatic heterocycles. The SMILES string of the molecule is Fc1cccc(-c2n[nH]c3c2CN(Cc2coc(-c4ccccc4)n2)CC3)c1. The minimum absolute atomic E-state index is 0.252. The van der Waals surface area contributed by atoms with Crippen molar-refractivity contribution in [3.05, 3.63) is 83.6 Å². The zero-order valence-electron chi connectivity index (χ0n) is 15.2. The van der Waals surface area contributed by atoms with Crippen molar-refractivity contribution in [2.75, 3.05) is 6.54 Å². The van der Waals surface area contributed by atoms with Gasteiger partial charge >= 0.3 is 0 Å². The van der Waals surface area contributed by atoms with E-state index in [1.54, 1.807) is 12.3 Å². The Morgan fingerprint density at radius 1 is 1.07 bits per heavy atom. The van der Waals surface area contributed by atoms with Gasteiger partial charge in [-0.05, 0) is 24.3 Å². The van der Waals surface area contributed by atoms with Crippen molar-refractivity contribution in [3.8, 4) is 22.7 Å². The number of nitrogens with one attached hydrogen (secondary N) is 1. The summed E-state index contributed by atoms with van der Waals surface area (Å²) in [6, 6.07) is 16.5. The molecule has 1 aliphatic heterocycles. The Morgan fingerprint density at radius 3 is 2.79 bits per heavy atom. The third kappa shape index (κ3) is 3.23. The van der Waals surface area contributed by atoms with Gasteiger partial charge in [-0.15, -0.1) is 0 Å². The predicted molar refractivity (Wildman–Crippen MR) is 104 cm³/mol. The lowest BCUT2D eigenvalue weighted by molar-refractivity contribution is 0.242. The van der Waals surface area contributed by atoms with E-state index in [-0.39, 0.29) is 5.82 Å². The average molecular weight is 374 g/mol. The minimum Gasteiger partial charge on any atom is -0.444 e. The number of H-pyrrole nitrogens is 1. The first-order valence-corrected chi connectivity index (χ1v) is 9.30. The number of oxazole rings is 1. The van der Waals surface area contributed by atoms with Gasteiger partial charge in [0.05, 0.1) is 11.4 Å². The van der Waals surface area contributed by atoms with E-state index in [1.807, 2.05) is 36.4 Å². The van der Waals surface area contributed by atoms with E-state index in [0.29, 0.717) is 12.4 Å². The van der Waals surface area contributed by atoms with Crippen molar-refractivity contribution in [2.45, 2.75) is 19.5 Å². The van der Waals surface area contributed by atoms with Crippen LogP contribution in [-0.2, 0) is 19.5 Å². The zero-order valence-corrected chi connectivity index (χ0v) is 15.2. The number of nitrogens with zero attached hydrogens (tertiary/aromatic N) is 3. The molecule has 5 nitrogen and oxygen atoms in total. The van der Waals surface area contributed by atoms with Crippen LogP contribution >= 0.6 is 0 Å². The van der Waals surface area contributed by atoms with E-state index in [4.69, 9.17) is 4.42 Å². The Hall–Kier alpha value is -3.25. The van der Waals surface area contributed by atoms with Gasteiger partial charge < -0.3 is 4.42 Å². The van der Waals surface area contributed by atoms with Crippen LogP contribution in [0.3, 0.4) is 0 Å². The highest BCUT2D eigenvalue weighted by molar-refractivity contribution is 5.64. The lowest BCUT2D eigenvalue weighted by Gasteiger charge is -2.26. The molecule has 28 heavy (non-hydrogen) atoms. The molecule has 4 aromatic rings. The molecule has 5 rings (SSSR count). The van der Waals surface area contributed by atoms with Crippen molar-refractivity contribution in [2.24, 2.45) is 0 Å². The number of rotatable bonds is 4. The summed E-state index contributed by atoms with van der Waals surface area (Å²) >= 11 is 0. The molecule has 0 fully saturated rings. The highest BCUT2D eigenvalue weighted by Crippen LogP contribution is 2.29. The summed E-state index contributed by atoms with van der Waals surface area (Å²) in [6.45, 7) is 2.35. The van der Waals surface area contributed by atoms with Crippen molar-refractivity contribution < 1.29 is 8.81 Å². The summed E-state index contributed by atoms with van der Waals surface area (Å²) in [4.78, 5) is 6.94. The van der Waals surface area contributed by atoms with Gasteiger partial charge in [0.1, 0.15) is 12.1 Å². The molecule has 140 valence electrons. The molecule has 6 heteroatoms. The first-order chi connectivity index (χ1) is 13.8. The summed E-state index contributed by atoms with van der Waals surface area (Å²) in [5.41, 5.74) is 5.75. The maximum absolute atomic E-state index is 13.6. The summed E-state index contributed by atoms with van der Waals surface area (Å²) < 4.78 is 19.3. The highest BCUT2D eigenvalue weighted by atomic mass is 19.1. The zero-order chi connectivity index (χ0) is 18.9. The molecule has 0 radical (unpaired) electrons. The van der Waals surface area contributed by atoms with E-state index in [9.17, 15) is 4.39 Å². The maximum Gasteiger partial charge on any atom is 0.226 e. The number of aromatic amines is 1. The molecule has 0 spiro atoms. The molecule has 0 bridgehead atoms. The molecule has 0 saturated heterocycles. The number of hydrogen-bond acceptors (Lipinski definition) is 4. The molecule has 0 unspecified atom stereocenters. The van der Waals surface area contributed by atoms with Crippen LogP contribution in [0.4, 0.5) is 4.39 Å². The Bertz CT molecular complexity index is 1100. The normalized spacial score (nSPS) is 14.2. The van der Waals surface area contributed by atoms with Crippen LogP contribution in [0, 0.1) is 5.82 Å². The number of benzene rings is 2. The van der Waals surface area contributed by atoms with Crippen LogP contribution in [-0.4, -0.2) is 26.6 Å². The standard InChI is InChI=1S/C22H19FN4O/c23-17-8-4-7-16(11-17)21-19-13-27(10-9-20(19)25-26-21)12-18-14-28-22(24-18)15-5-2-1-3-6-15/h1-8,11,14H,9-10,12-13H2,(H,25,26). The number of hydrogen-bond donors (Lipinski definition) is 1. The first kappa shape index (κ1) is 16.9.